The number of fused-ring (bicyclic) bond motifs is 5. The van der Waals surface area contributed by atoms with Gasteiger partial charge in [-0.3, -0.25) is 4.68 Å². The summed E-state index contributed by atoms with van der Waals surface area (Å²) in [6, 6.07) is 7.98. The molecular formula is C24H30N2O2. The molecule has 0 amide bonds. The smallest absolute Gasteiger partial charge is 0.115 e. The van der Waals surface area contributed by atoms with E-state index in [-0.39, 0.29) is 11.5 Å². The van der Waals surface area contributed by atoms with Crippen LogP contribution in [0.2, 0.25) is 0 Å². The number of phenolic OH excluding ortho intramolecular Hbond substituents is 1. The number of aliphatic hydroxyl groups is 1. The summed E-state index contributed by atoms with van der Waals surface area (Å²) in [4.78, 5) is 0. The first kappa shape index (κ1) is 18.0. The van der Waals surface area contributed by atoms with E-state index in [4.69, 9.17) is 0 Å². The van der Waals surface area contributed by atoms with Gasteiger partial charge in [0.25, 0.3) is 0 Å². The van der Waals surface area contributed by atoms with Crippen molar-refractivity contribution in [3.8, 4) is 5.75 Å². The standard InChI is InChI=1S/C24H30N2O2/c1-3-26-11-9-17(25-26)12-16-14-22-21-6-4-15-13-18(27)5-7-19(15)20(21)8-10-24(22,2)23(16)28/h5,7,9,11-13,20-23,27-28H,3-4,6,8,10,14H2,1-2H3/b16-12+/t20-,21+,22-,23+,24-/m0/s1. The summed E-state index contributed by atoms with van der Waals surface area (Å²) in [5.74, 6) is 2.08. The Morgan fingerprint density at radius 2 is 2.14 bits per heavy atom. The Balaban J connectivity index is 1.46. The molecule has 2 fully saturated rings. The Labute approximate surface area is 166 Å². The van der Waals surface area contributed by atoms with Gasteiger partial charge in [-0.25, -0.2) is 0 Å². The van der Waals surface area contributed by atoms with Crippen LogP contribution >= 0.6 is 0 Å². The van der Waals surface area contributed by atoms with Gasteiger partial charge in [-0.1, -0.05) is 13.0 Å². The predicted molar refractivity (Wildman–Crippen MR) is 110 cm³/mol. The first-order chi connectivity index (χ1) is 13.5. The molecule has 3 aliphatic rings. The maximum absolute atomic E-state index is 11.3. The van der Waals surface area contributed by atoms with Crippen LogP contribution in [-0.4, -0.2) is 26.1 Å². The van der Waals surface area contributed by atoms with Crippen LogP contribution in [0.25, 0.3) is 6.08 Å². The maximum Gasteiger partial charge on any atom is 0.115 e. The normalized spacial score (nSPS) is 35.5. The highest BCUT2D eigenvalue weighted by Gasteiger charge is 2.56. The molecule has 3 aliphatic carbocycles. The summed E-state index contributed by atoms with van der Waals surface area (Å²) in [7, 11) is 0. The first-order valence-corrected chi connectivity index (χ1v) is 10.7. The zero-order chi connectivity index (χ0) is 19.5. The van der Waals surface area contributed by atoms with Crippen molar-refractivity contribution < 1.29 is 10.2 Å². The molecule has 4 heteroatoms. The highest BCUT2D eigenvalue weighted by Crippen LogP contribution is 2.62. The fourth-order valence-electron chi connectivity index (χ4n) is 6.39. The van der Waals surface area contributed by atoms with Crippen LogP contribution in [-0.2, 0) is 13.0 Å². The molecule has 1 aromatic carbocycles. The minimum atomic E-state index is -0.369. The van der Waals surface area contributed by atoms with Gasteiger partial charge in [0.15, 0.2) is 0 Å². The number of hydrogen-bond acceptors (Lipinski definition) is 3. The number of phenols is 1. The van der Waals surface area contributed by atoms with Crippen LogP contribution in [0, 0.1) is 17.3 Å². The number of hydrogen-bond donors (Lipinski definition) is 2. The quantitative estimate of drug-likeness (QED) is 0.808. The Bertz CT molecular complexity index is 930. The van der Waals surface area contributed by atoms with Crippen LogP contribution in [0.5, 0.6) is 5.75 Å². The number of aromatic hydroxyl groups is 1. The SMILES string of the molecule is CCn1ccc(/C=C2\C[C@H]3[C@@H]4CCc5cc(O)ccc5[C@@H]4CC[C@]3(C)[C@@H]2O)n1. The number of aromatic nitrogens is 2. The molecule has 1 aromatic heterocycles. The van der Waals surface area contributed by atoms with Crippen LogP contribution < -0.4 is 0 Å². The van der Waals surface area contributed by atoms with Crippen LogP contribution in [0.15, 0.2) is 36.0 Å². The van der Waals surface area contributed by atoms with Crippen LogP contribution in [0.1, 0.15) is 62.3 Å². The van der Waals surface area contributed by atoms with E-state index in [1.165, 1.54) is 11.1 Å². The van der Waals surface area contributed by atoms with Crippen molar-refractivity contribution in [2.24, 2.45) is 17.3 Å². The lowest BCUT2D eigenvalue weighted by atomic mass is 9.55. The molecule has 0 radical (unpaired) electrons. The Kier molecular flexibility index (Phi) is 4.16. The van der Waals surface area contributed by atoms with Crippen molar-refractivity contribution in [2.45, 2.75) is 64.5 Å². The Morgan fingerprint density at radius 1 is 1.29 bits per heavy atom. The van der Waals surface area contributed by atoms with Crippen LogP contribution in [0.4, 0.5) is 0 Å². The molecule has 1 heterocycles. The minimum Gasteiger partial charge on any atom is -0.508 e. The predicted octanol–water partition coefficient (Wildman–Crippen LogP) is 4.52. The van der Waals surface area contributed by atoms with Crippen molar-refractivity contribution in [2.75, 3.05) is 0 Å². The maximum atomic E-state index is 11.3. The first-order valence-electron chi connectivity index (χ1n) is 10.7. The topological polar surface area (TPSA) is 58.3 Å². The highest BCUT2D eigenvalue weighted by molar-refractivity contribution is 5.52. The van der Waals surface area contributed by atoms with Crippen molar-refractivity contribution in [1.29, 1.82) is 0 Å². The molecule has 0 spiro atoms. The fraction of sp³-hybridized carbons (Fsp3) is 0.542. The van der Waals surface area contributed by atoms with E-state index >= 15 is 0 Å². The molecule has 2 aromatic rings. The number of aryl methyl sites for hydroxylation is 2. The molecule has 2 saturated carbocycles. The van der Waals surface area contributed by atoms with Gasteiger partial charge in [-0.2, -0.15) is 5.10 Å². The molecule has 5 atom stereocenters. The van der Waals surface area contributed by atoms with Gasteiger partial charge in [0.2, 0.25) is 0 Å². The summed E-state index contributed by atoms with van der Waals surface area (Å²) in [6.45, 7) is 5.26. The molecule has 4 nitrogen and oxygen atoms in total. The van der Waals surface area contributed by atoms with E-state index in [1.807, 2.05) is 29.1 Å². The van der Waals surface area contributed by atoms with Crippen molar-refractivity contribution in [1.82, 2.24) is 9.78 Å². The van der Waals surface area contributed by atoms with Crippen molar-refractivity contribution >= 4 is 6.08 Å². The number of rotatable bonds is 2. The van der Waals surface area contributed by atoms with Gasteiger partial charge >= 0.3 is 0 Å². The lowest BCUT2D eigenvalue weighted by molar-refractivity contribution is -0.0158. The molecule has 0 saturated heterocycles. The zero-order valence-electron chi connectivity index (χ0n) is 16.8. The largest absolute Gasteiger partial charge is 0.508 e. The van der Waals surface area contributed by atoms with Gasteiger partial charge in [-0.15, -0.1) is 0 Å². The third kappa shape index (κ3) is 2.65. The van der Waals surface area contributed by atoms with E-state index < -0.39 is 0 Å². The van der Waals surface area contributed by atoms with Gasteiger partial charge in [0, 0.05) is 18.2 Å². The van der Waals surface area contributed by atoms with Gasteiger partial charge < -0.3 is 10.2 Å². The molecule has 5 rings (SSSR count). The molecule has 148 valence electrons. The second kappa shape index (κ2) is 6.48. The van der Waals surface area contributed by atoms with E-state index in [1.54, 1.807) is 0 Å². The van der Waals surface area contributed by atoms with E-state index in [0.717, 1.165) is 49.9 Å². The number of benzene rings is 1. The average Bonchev–Trinajstić information content (AvgIpc) is 3.25. The zero-order valence-corrected chi connectivity index (χ0v) is 16.8. The van der Waals surface area contributed by atoms with E-state index in [9.17, 15) is 10.2 Å². The van der Waals surface area contributed by atoms with Crippen molar-refractivity contribution in [3.63, 3.8) is 0 Å². The van der Waals surface area contributed by atoms with Gasteiger partial charge in [0.1, 0.15) is 5.75 Å². The third-order valence-electron chi connectivity index (χ3n) is 7.90. The summed E-state index contributed by atoms with van der Waals surface area (Å²) in [5.41, 5.74) is 4.84. The summed E-state index contributed by atoms with van der Waals surface area (Å²) in [5, 5.41) is 25.7. The van der Waals surface area contributed by atoms with Crippen molar-refractivity contribution in [3.05, 3.63) is 52.9 Å². The lowest BCUT2D eigenvalue weighted by Gasteiger charge is -2.49. The molecule has 0 unspecified atom stereocenters. The molecule has 28 heavy (non-hydrogen) atoms. The van der Waals surface area contributed by atoms with Crippen LogP contribution in [0.3, 0.4) is 0 Å². The van der Waals surface area contributed by atoms with Gasteiger partial charge in [0.05, 0.1) is 11.8 Å². The molecule has 2 N–H and O–H groups in total. The number of aliphatic hydroxyl groups excluding tert-OH is 1. The van der Waals surface area contributed by atoms with Gasteiger partial charge in [-0.05, 0) is 97.8 Å². The monoisotopic (exact) mass is 378 g/mol. The minimum absolute atomic E-state index is 0.0330. The third-order valence-corrected chi connectivity index (χ3v) is 7.90. The second-order valence-electron chi connectivity index (χ2n) is 9.27. The Morgan fingerprint density at radius 3 is 2.93 bits per heavy atom. The molecular weight excluding hydrogens is 348 g/mol. The fourth-order valence-corrected chi connectivity index (χ4v) is 6.39. The van der Waals surface area contributed by atoms with E-state index in [2.05, 4.69) is 31.1 Å². The molecule has 0 bridgehead atoms. The summed E-state index contributed by atoms with van der Waals surface area (Å²) >= 11 is 0. The Hall–Kier alpha value is -2.07. The lowest BCUT2D eigenvalue weighted by Crippen LogP contribution is -2.44. The number of nitrogens with zero attached hydrogens (tertiary/aromatic N) is 2. The molecule has 0 aliphatic heterocycles. The summed E-state index contributed by atoms with van der Waals surface area (Å²) in [6.07, 6.45) is 9.12. The van der Waals surface area contributed by atoms with E-state index in [0.29, 0.717) is 23.5 Å². The average molecular weight is 379 g/mol. The highest BCUT2D eigenvalue weighted by atomic mass is 16.3. The second-order valence-corrected chi connectivity index (χ2v) is 9.27. The summed E-state index contributed by atoms with van der Waals surface area (Å²) < 4.78 is 1.94.